The van der Waals surface area contributed by atoms with Gasteiger partial charge in [-0.25, -0.2) is 0 Å². The van der Waals surface area contributed by atoms with Gasteiger partial charge in [0, 0.05) is 31.9 Å². The van der Waals surface area contributed by atoms with Crippen LogP contribution in [-0.2, 0) is 4.79 Å². The zero-order valence-corrected chi connectivity index (χ0v) is 16.0. The summed E-state index contributed by atoms with van der Waals surface area (Å²) in [5.74, 6) is 0.102. The first kappa shape index (κ1) is 18.5. The van der Waals surface area contributed by atoms with Crippen LogP contribution >= 0.6 is 0 Å². The minimum absolute atomic E-state index is 0.0278. The molecule has 138 valence electrons. The van der Waals surface area contributed by atoms with E-state index < -0.39 is 0 Å². The smallest absolute Gasteiger partial charge is 0.237 e. The molecule has 0 aromatic heterocycles. The molecule has 0 radical (unpaired) electrons. The van der Waals surface area contributed by atoms with E-state index in [1.54, 1.807) is 0 Å². The van der Waals surface area contributed by atoms with Crippen molar-refractivity contribution >= 4 is 11.6 Å². The highest BCUT2D eigenvalue weighted by atomic mass is 16.2. The summed E-state index contributed by atoms with van der Waals surface area (Å²) in [7, 11) is 0. The Morgan fingerprint density at radius 3 is 2.15 bits per heavy atom. The Kier molecular flexibility index (Phi) is 5.94. The fourth-order valence-electron chi connectivity index (χ4n) is 3.45. The highest BCUT2D eigenvalue weighted by Crippen LogP contribution is 2.18. The molecule has 26 heavy (non-hydrogen) atoms. The Hall–Kier alpha value is -2.33. The lowest BCUT2D eigenvalue weighted by Gasteiger charge is -2.38. The van der Waals surface area contributed by atoms with Crippen LogP contribution in [0.25, 0.3) is 0 Å². The number of rotatable bonds is 5. The van der Waals surface area contributed by atoms with Gasteiger partial charge in [0.15, 0.2) is 0 Å². The standard InChI is InChI=1S/C22H29N3O/c1-17-9-11-21(12-10-17)25-15-13-24(14-16-25)19(3)22(26)23-18(2)20-7-5-4-6-8-20/h4-12,18-19H,13-16H2,1-3H3,(H,23,26)/t18-,19+/m0/s1. The van der Waals surface area contributed by atoms with Gasteiger partial charge in [0.1, 0.15) is 0 Å². The molecule has 1 heterocycles. The number of amides is 1. The summed E-state index contributed by atoms with van der Waals surface area (Å²) < 4.78 is 0. The Balaban J connectivity index is 1.52. The summed E-state index contributed by atoms with van der Waals surface area (Å²) in [5, 5.41) is 3.15. The number of nitrogens with one attached hydrogen (secondary N) is 1. The molecule has 2 aromatic rings. The molecule has 0 saturated carbocycles. The van der Waals surface area contributed by atoms with E-state index in [2.05, 4.69) is 58.4 Å². The second-order valence-corrected chi connectivity index (χ2v) is 7.18. The van der Waals surface area contributed by atoms with Crippen LogP contribution in [-0.4, -0.2) is 43.0 Å². The topological polar surface area (TPSA) is 35.6 Å². The second kappa shape index (κ2) is 8.37. The highest BCUT2D eigenvalue weighted by Gasteiger charge is 2.26. The highest BCUT2D eigenvalue weighted by molar-refractivity contribution is 5.81. The first-order chi connectivity index (χ1) is 12.5. The van der Waals surface area contributed by atoms with E-state index in [0.717, 1.165) is 31.7 Å². The second-order valence-electron chi connectivity index (χ2n) is 7.18. The third kappa shape index (κ3) is 4.44. The molecule has 2 aromatic carbocycles. The van der Waals surface area contributed by atoms with Gasteiger partial charge < -0.3 is 10.2 Å². The number of aryl methyl sites for hydroxylation is 1. The molecule has 0 unspecified atom stereocenters. The number of nitrogens with zero attached hydrogens (tertiary/aromatic N) is 2. The lowest BCUT2D eigenvalue weighted by atomic mass is 10.1. The number of hydrogen-bond acceptors (Lipinski definition) is 3. The van der Waals surface area contributed by atoms with Gasteiger partial charge in [0.05, 0.1) is 12.1 Å². The molecule has 1 fully saturated rings. The van der Waals surface area contributed by atoms with E-state index in [1.165, 1.54) is 11.3 Å². The molecule has 3 rings (SSSR count). The lowest BCUT2D eigenvalue weighted by molar-refractivity contribution is -0.126. The summed E-state index contributed by atoms with van der Waals surface area (Å²) in [6.07, 6.45) is 0. The summed E-state index contributed by atoms with van der Waals surface area (Å²) in [4.78, 5) is 17.3. The molecule has 1 N–H and O–H groups in total. The average molecular weight is 351 g/mol. The van der Waals surface area contributed by atoms with Crippen LogP contribution in [0.2, 0.25) is 0 Å². The maximum absolute atomic E-state index is 12.6. The van der Waals surface area contributed by atoms with Crippen molar-refractivity contribution in [1.29, 1.82) is 0 Å². The first-order valence-electron chi connectivity index (χ1n) is 9.45. The van der Waals surface area contributed by atoms with Crippen molar-refractivity contribution < 1.29 is 4.79 Å². The Morgan fingerprint density at radius 2 is 1.54 bits per heavy atom. The molecular formula is C22H29N3O. The normalized spacial score (nSPS) is 17.6. The zero-order chi connectivity index (χ0) is 18.5. The van der Waals surface area contributed by atoms with Gasteiger partial charge in [0.25, 0.3) is 0 Å². The van der Waals surface area contributed by atoms with Crippen LogP contribution in [0.1, 0.15) is 31.0 Å². The van der Waals surface area contributed by atoms with E-state index in [0.29, 0.717) is 0 Å². The summed E-state index contributed by atoms with van der Waals surface area (Å²) >= 11 is 0. The predicted molar refractivity (Wildman–Crippen MR) is 107 cm³/mol. The fourth-order valence-corrected chi connectivity index (χ4v) is 3.45. The van der Waals surface area contributed by atoms with Crippen LogP contribution in [0, 0.1) is 6.92 Å². The Morgan fingerprint density at radius 1 is 0.923 bits per heavy atom. The maximum Gasteiger partial charge on any atom is 0.237 e. The van der Waals surface area contributed by atoms with Gasteiger partial charge in [0.2, 0.25) is 5.91 Å². The molecule has 0 aliphatic carbocycles. The number of piperazine rings is 1. The molecular weight excluding hydrogens is 322 g/mol. The quantitative estimate of drug-likeness (QED) is 0.897. The molecule has 2 atom stereocenters. The van der Waals surface area contributed by atoms with E-state index in [9.17, 15) is 4.79 Å². The van der Waals surface area contributed by atoms with Crippen LogP contribution in [0.3, 0.4) is 0 Å². The minimum atomic E-state index is -0.110. The van der Waals surface area contributed by atoms with E-state index in [1.807, 2.05) is 32.0 Å². The van der Waals surface area contributed by atoms with Crippen LogP contribution < -0.4 is 10.2 Å². The van der Waals surface area contributed by atoms with Gasteiger partial charge >= 0.3 is 0 Å². The fraction of sp³-hybridized carbons (Fsp3) is 0.409. The minimum Gasteiger partial charge on any atom is -0.369 e. The van der Waals surface area contributed by atoms with E-state index >= 15 is 0 Å². The van der Waals surface area contributed by atoms with Crippen molar-refractivity contribution in [2.45, 2.75) is 32.9 Å². The van der Waals surface area contributed by atoms with Gasteiger partial charge in [-0.15, -0.1) is 0 Å². The number of anilines is 1. The first-order valence-corrected chi connectivity index (χ1v) is 9.45. The van der Waals surface area contributed by atoms with Gasteiger partial charge in [-0.2, -0.15) is 0 Å². The van der Waals surface area contributed by atoms with Crippen molar-refractivity contribution in [3.8, 4) is 0 Å². The SMILES string of the molecule is Cc1ccc(N2CCN([C@H](C)C(=O)N[C@@H](C)c3ccccc3)CC2)cc1. The third-order valence-corrected chi connectivity index (χ3v) is 5.30. The van der Waals surface area contributed by atoms with Crippen LogP contribution in [0.4, 0.5) is 5.69 Å². The van der Waals surface area contributed by atoms with Gasteiger partial charge in [-0.1, -0.05) is 48.0 Å². The number of carbonyl (C=O) groups is 1. The zero-order valence-electron chi connectivity index (χ0n) is 16.0. The number of hydrogen-bond donors (Lipinski definition) is 1. The maximum atomic E-state index is 12.6. The molecule has 1 amide bonds. The van der Waals surface area contributed by atoms with Crippen molar-refractivity contribution in [2.75, 3.05) is 31.1 Å². The van der Waals surface area contributed by atoms with Gasteiger partial charge in [-0.3, -0.25) is 9.69 Å². The molecule has 0 bridgehead atoms. The molecule has 1 saturated heterocycles. The Bertz CT molecular complexity index is 706. The van der Waals surface area contributed by atoms with Crippen LogP contribution in [0.15, 0.2) is 54.6 Å². The number of carbonyl (C=O) groups excluding carboxylic acids is 1. The monoisotopic (exact) mass is 351 g/mol. The molecule has 4 nitrogen and oxygen atoms in total. The van der Waals surface area contributed by atoms with E-state index in [-0.39, 0.29) is 18.0 Å². The third-order valence-electron chi connectivity index (χ3n) is 5.30. The largest absolute Gasteiger partial charge is 0.369 e. The van der Waals surface area contributed by atoms with Crippen LogP contribution in [0.5, 0.6) is 0 Å². The van der Waals surface area contributed by atoms with E-state index in [4.69, 9.17) is 0 Å². The summed E-state index contributed by atoms with van der Waals surface area (Å²) in [5.41, 5.74) is 3.69. The summed E-state index contributed by atoms with van der Waals surface area (Å²) in [6, 6.07) is 18.7. The average Bonchev–Trinajstić information content (AvgIpc) is 2.69. The molecule has 1 aliphatic heterocycles. The number of benzene rings is 2. The van der Waals surface area contributed by atoms with Crippen molar-refractivity contribution in [3.63, 3.8) is 0 Å². The molecule has 1 aliphatic rings. The molecule has 4 heteroatoms. The predicted octanol–water partition coefficient (Wildman–Crippen LogP) is 3.38. The van der Waals surface area contributed by atoms with Crippen molar-refractivity contribution in [2.24, 2.45) is 0 Å². The lowest BCUT2D eigenvalue weighted by Crippen LogP contribution is -2.54. The Labute approximate surface area is 156 Å². The van der Waals surface area contributed by atoms with Crippen molar-refractivity contribution in [1.82, 2.24) is 10.2 Å². The summed E-state index contributed by atoms with van der Waals surface area (Å²) in [6.45, 7) is 9.87. The molecule has 0 spiro atoms. The van der Waals surface area contributed by atoms with Crippen molar-refractivity contribution in [3.05, 3.63) is 65.7 Å². The van der Waals surface area contributed by atoms with Gasteiger partial charge in [-0.05, 0) is 38.5 Å².